The fourth-order valence-corrected chi connectivity index (χ4v) is 7.33. The minimum Gasteiger partial charge on any atom is -0.490 e. The summed E-state index contributed by atoms with van der Waals surface area (Å²) in [6.07, 6.45) is 4.10. The Kier molecular flexibility index (Phi) is 7.81. The van der Waals surface area contributed by atoms with E-state index in [1.54, 1.807) is 4.90 Å². The van der Waals surface area contributed by atoms with Gasteiger partial charge >= 0.3 is 0 Å². The predicted octanol–water partition coefficient (Wildman–Crippen LogP) is 5.34. The fraction of sp³-hybridized carbons (Fsp3) is 0.333. The highest BCUT2D eigenvalue weighted by molar-refractivity contribution is 7.18. The van der Waals surface area contributed by atoms with E-state index >= 15 is 4.39 Å². The van der Waals surface area contributed by atoms with E-state index in [1.165, 1.54) is 30.6 Å². The van der Waals surface area contributed by atoms with Crippen LogP contribution in [0.5, 0.6) is 5.75 Å². The Morgan fingerprint density at radius 1 is 1.17 bits per heavy atom. The number of carbonyl (C=O) groups excluding carboxylic acids is 1. The molecule has 10 nitrogen and oxygen atoms in total. The Balaban J connectivity index is 1.44. The van der Waals surface area contributed by atoms with Gasteiger partial charge in [-0.15, -0.1) is 11.3 Å². The number of rotatable bonds is 8. The number of pyridine rings is 1. The number of thiophene rings is 1. The van der Waals surface area contributed by atoms with Crippen LogP contribution in [0.25, 0.3) is 32.6 Å². The molecule has 2 aliphatic rings. The fourth-order valence-electron chi connectivity index (χ4n) is 6.39. The average Bonchev–Trinajstić information content (AvgIpc) is 3.77. The van der Waals surface area contributed by atoms with Gasteiger partial charge in [0.15, 0.2) is 0 Å². The maximum atomic E-state index is 16.0. The van der Waals surface area contributed by atoms with Gasteiger partial charge in [-0.05, 0) is 30.5 Å². The van der Waals surface area contributed by atoms with Crippen LogP contribution in [-0.4, -0.2) is 68.3 Å². The quantitative estimate of drug-likeness (QED) is 0.166. The molecule has 13 heteroatoms. The van der Waals surface area contributed by atoms with E-state index in [2.05, 4.69) is 16.6 Å². The number of amides is 1. The molecule has 0 aliphatic carbocycles. The summed E-state index contributed by atoms with van der Waals surface area (Å²) in [5, 5.41) is 12.4. The highest BCUT2D eigenvalue weighted by atomic mass is 32.1. The van der Waals surface area contributed by atoms with Gasteiger partial charge in [0.05, 0.1) is 36.6 Å². The molecule has 0 fully saturated rings. The first kappa shape index (κ1) is 30.1. The number of hydrogen-bond acceptors (Lipinski definition) is 8. The van der Waals surface area contributed by atoms with E-state index in [1.807, 2.05) is 47.0 Å². The van der Waals surface area contributed by atoms with E-state index in [0.717, 1.165) is 45.3 Å². The van der Waals surface area contributed by atoms with Crippen molar-refractivity contribution in [2.75, 3.05) is 31.8 Å². The average molecular weight is 646 g/mol. The third-order valence-electron chi connectivity index (χ3n) is 8.54. The van der Waals surface area contributed by atoms with Crippen molar-refractivity contribution in [3.05, 3.63) is 77.1 Å². The van der Waals surface area contributed by atoms with Gasteiger partial charge in [0.25, 0.3) is 0 Å². The number of benzene rings is 1. The lowest BCUT2D eigenvalue weighted by Gasteiger charge is -2.33. The number of aryl methyl sites for hydroxylation is 1. The lowest BCUT2D eigenvalue weighted by atomic mass is 9.98. The summed E-state index contributed by atoms with van der Waals surface area (Å²) in [4.78, 5) is 21.8. The van der Waals surface area contributed by atoms with Gasteiger partial charge in [0.2, 0.25) is 5.91 Å². The monoisotopic (exact) mass is 645 g/mol. The Hall–Kier alpha value is -4.62. The van der Waals surface area contributed by atoms with Crippen LogP contribution < -0.4 is 9.64 Å². The van der Waals surface area contributed by atoms with E-state index in [4.69, 9.17) is 19.6 Å². The van der Waals surface area contributed by atoms with Crippen LogP contribution in [0.15, 0.2) is 48.5 Å². The summed E-state index contributed by atoms with van der Waals surface area (Å²) in [7, 11) is 3.45. The van der Waals surface area contributed by atoms with E-state index in [0.29, 0.717) is 43.1 Å². The number of carbonyl (C=O) groups is 1. The van der Waals surface area contributed by atoms with Crippen molar-refractivity contribution in [1.82, 2.24) is 29.4 Å². The second kappa shape index (κ2) is 12.0. The molecule has 2 aliphatic heterocycles. The van der Waals surface area contributed by atoms with Crippen molar-refractivity contribution in [2.45, 2.75) is 39.0 Å². The molecule has 1 aromatic carbocycles. The Labute approximate surface area is 268 Å². The van der Waals surface area contributed by atoms with E-state index < -0.39 is 11.6 Å². The topological polar surface area (TPSA) is 90.5 Å². The molecular weight excluding hydrogens is 612 g/mol. The highest BCUT2D eigenvalue weighted by Crippen LogP contribution is 2.47. The first-order valence-electron chi connectivity index (χ1n) is 15.0. The molecule has 6 heterocycles. The summed E-state index contributed by atoms with van der Waals surface area (Å²) in [5.74, 6) is -0.874. The minimum absolute atomic E-state index is 0.0540. The number of anilines is 1. The summed E-state index contributed by atoms with van der Waals surface area (Å²) in [5.41, 5.74) is 4.56. The standard InChI is InChI=1S/C33H33F2N7O3S/c1-5-28(43)41-18-22-14-26(38-42(22)15-19(41)2)31-30(29-24(35)12-21(34)13-27(29)45-10-9-44-4)32-23(7-11-46-32)33(36-31)40-8-6-25-20(17-40)16-39(3)37-25/h5,7,11-14,16,19H,1,6,8-10,15,17-18H2,2-4H3. The molecule has 0 N–H and O–H groups in total. The summed E-state index contributed by atoms with van der Waals surface area (Å²) >= 11 is 1.46. The van der Waals surface area contributed by atoms with Gasteiger partial charge in [-0.2, -0.15) is 10.2 Å². The van der Waals surface area contributed by atoms with Crippen LogP contribution in [0, 0.1) is 11.6 Å². The number of fused-ring (bicyclic) bond motifs is 3. The van der Waals surface area contributed by atoms with Crippen LogP contribution in [-0.2, 0) is 42.6 Å². The molecule has 4 aromatic heterocycles. The second-order valence-electron chi connectivity index (χ2n) is 11.6. The molecule has 7 rings (SSSR count). The summed E-state index contributed by atoms with van der Waals surface area (Å²) in [6.45, 7) is 8.10. The zero-order valence-corrected chi connectivity index (χ0v) is 26.6. The van der Waals surface area contributed by atoms with Crippen molar-refractivity contribution < 1.29 is 23.0 Å². The van der Waals surface area contributed by atoms with Gasteiger partial charge < -0.3 is 19.3 Å². The van der Waals surface area contributed by atoms with Crippen molar-refractivity contribution in [1.29, 1.82) is 0 Å². The van der Waals surface area contributed by atoms with Crippen molar-refractivity contribution >= 4 is 33.1 Å². The first-order chi connectivity index (χ1) is 22.2. The SMILES string of the molecule is C=CC(=O)N1Cc2cc(-c3nc(N4CCc5nn(C)cc5C4)c4ccsc4c3-c3c(F)cc(F)cc3OCCOC)nn2CC1C. The molecular formula is C33H33F2N7O3S. The molecule has 5 aromatic rings. The molecule has 238 valence electrons. The normalized spacial score (nSPS) is 16.1. The molecule has 1 amide bonds. The van der Waals surface area contributed by atoms with Gasteiger partial charge in [0, 0.05) is 79.3 Å². The lowest BCUT2D eigenvalue weighted by molar-refractivity contribution is -0.129. The number of ether oxygens (including phenoxy) is 2. The highest BCUT2D eigenvalue weighted by Gasteiger charge is 2.32. The summed E-state index contributed by atoms with van der Waals surface area (Å²) in [6, 6.07) is 5.83. The van der Waals surface area contributed by atoms with Gasteiger partial charge in [-0.3, -0.25) is 14.2 Å². The first-order valence-corrected chi connectivity index (χ1v) is 15.9. The minimum atomic E-state index is -0.767. The summed E-state index contributed by atoms with van der Waals surface area (Å²) < 4.78 is 46.2. The third kappa shape index (κ3) is 5.22. The van der Waals surface area contributed by atoms with Crippen molar-refractivity contribution in [3.8, 4) is 28.3 Å². The van der Waals surface area contributed by atoms with Crippen LogP contribution in [0.2, 0.25) is 0 Å². The van der Waals surface area contributed by atoms with E-state index in [9.17, 15) is 9.18 Å². The lowest BCUT2D eigenvalue weighted by Crippen LogP contribution is -2.44. The molecule has 46 heavy (non-hydrogen) atoms. The maximum Gasteiger partial charge on any atom is 0.246 e. The molecule has 0 saturated carbocycles. The van der Waals surface area contributed by atoms with Crippen LogP contribution in [0.1, 0.15) is 23.9 Å². The zero-order chi connectivity index (χ0) is 32.1. The Morgan fingerprint density at radius 3 is 2.83 bits per heavy atom. The number of methoxy groups -OCH3 is 1. The number of aromatic nitrogens is 5. The smallest absolute Gasteiger partial charge is 0.246 e. The van der Waals surface area contributed by atoms with Crippen molar-refractivity contribution in [2.24, 2.45) is 7.05 Å². The predicted molar refractivity (Wildman–Crippen MR) is 172 cm³/mol. The molecule has 0 saturated heterocycles. The molecule has 0 radical (unpaired) electrons. The number of halogens is 2. The number of nitrogens with zero attached hydrogens (tertiary/aromatic N) is 7. The number of hydrogen-bond donors (Lipinski definition) is 0. The Bertz CT molecular complexity index is 1980. The molecule has 1 atom stereocenters. The third-order valence-corrected chi connectivity index (χ3v) is 9.47. The van der Waals surface area contributed by atoms with Crippen LogP contribution in [0.4, 0.5) is 14.6 Å². The molecule has 1 unspecified atom stereocenters. The molecule has 0 bridgehead atoms. The Morgan fingerprint density at radius 2 is 2.02 bits per heavy atom. The van der Waals surface area contributed by atoms with Gasteiger partial charge in [-0.1, -0.05) is 6.58 Å². The zero-order valence-electron chi connectivity index (χ0n) is 25.8. The van der Waals surface area contributed by atoms with Crippen LogP contribution >= 0.6 is 11.3 Å². The van der Waals surface area contributed by atoms with Gasteiger partial charge in [-0.25, -0.2) is 13.8 Å². The molecule has 0 spiro atoms. The second-order valence-corrected chi connectivity index (χ2v) is 12.5. The van der Waals surface area contributed by atoms with E-state index in [-0.39, 0.29) is 36.5 Å². The van der Waals surface area contributed by atoms with Crippen LogP contribution in [0.3, 0.4) is 0 Å². The largest absolute Gasteiger partial charge is 0.490 e. The van der Waals surface area contributed by atoms with Gasteiger partial charge in [0.1, 0.15) is 41.2 Å². The maximum absolute atomic E-state index is 16.0. The van der Waals surface area contributed by atoms with Crippen molar-refractivity contribution in [3.63, 3.8) is 0 Å².